The number of hydrogen-bond donors (Lipinski definition) is 1. The Balaban J connectivity index is 2.78. The highest BCUT2D eigenvalue weighted by atomic mass is 16.1. The summed E-state index contributed by atoms with van der Waals surface area (Å²) in [5, 5.41) is 2.85. The lowest BCUT2D eigenvalue weighted by atomic mass is 10.2. The van der Waals surface area contributed by atoms with E-state index < -0.39 is 0 Å². The molecule has 0 heterocycles. The van der Waals surface area contributed by atoms with E-state index in [0.717, 1.165) is 18.8 Å². The Kier molecular flexibility index (Phi) is 7.01. The van der Waals surface area contributed by atoms with Gasteiger partial charge in [0.25, 0.3) is 0 Å². The molecule has 1 amide bonds. The monoisotopic (exact) mass is 262 g/mol. The minimum atomic E-state index is -0.0224. The maximum Gasteiger partial charge on any atom is 0.221 e. The Morgan fingerprint density at radius 2 is 1.79 bits per heavy atom. The van der Waals surface area contributed by atoms with E-state index in [0.29, 0.717) is 0 Å². The van der Waals surface area contributed by atoms with Crippen LogP contribution < -0.4 is 10.2 Å². The lowest BCUT2D eigenvalue weighted by molar-refractivity contribution is -0.114. The number of benzene rings is 1. The van der Waals surface area contributed by atoms with Crippen LogP contribution in [0, 0.1) is 0 Å². The standard InChI is InChI=1S/C16H26N2O/c1-4-6-11-18(12-7-5-2)16-10-8-9-15(13-16)17-14(3)19/h8-10,13H,4-7,11-12H2,1-3H3,(H,17,19). The fourth-order valence-electron chi connectivity index (χ4n) is 2.05. The zero-order chi connectivity index (χ0) is 14.1. The molecule has 3 nitrogen and oxygen atoms in total. The van der Waals surface area contributed by atoms with Gasteiger partial charge in [-0.15, -0.1) is 0 Å². The zero-order valence-corrected chi connectivity index (χ0v) is 12.4. The number of nitrogens with zero attached hydrogens (tertiary/aromatic N) is 1. The molecular formula is C16H26N2O. The number of anilines is 2. The van der Waals surface area contributed by atoms with Crippen LogP contribution in [0.1, 0.15) is 46.5 Å². The molecule has 106 valence electrons. The normalized spacial score (nSPS) is 10.3. The number of amides is 1. The van der Waals surface area contributed by atoms with Crippen molar-refractivity contribution in [2.45, 2.75) is 46.5 Å². The topological polar surface area (TPSA) is 32.3 Å². The summed E-state index contributed by atoms with van der Waals surface area (Å²) in [6.07, 6.45) is 4.81. The molecule has 1 N–H and O–H groups in total. The summed E-state index contributed by atoms with van der Waals surface area (Å²) in [7, 11) is 0. The summed E-state index contributed by atoms with van der Waals surface area (Å²) in [5.41, 5.74) is 2.08. The molecule has 0 aliphatic heterocycles. The Hall–Kier alpha value is -1.51. The van der Waals surface area contributed by atoms with Crippen LogP contribution >= 0.6 is 0 Å². The maximum absolute atomic E-state index is 11.1. The van der Waals surface area contributed by atoms with Crippen LogP contribution in [0.4, 0.5) is 11.4 Å². The van der Waals surface area contributed by atoms with Gasteiger partial charge in [0.15, 0.2) is 0 Å². The molecule has 1 rings (SSSR count). The van der Waals surface area contributed by atoms with E-state index in [4.69, 9.17) is 0 Å². The van der Waals surface area contributed by atoms with Gasteiger partial charge < -0.3 is 10.2 Å². The molecule has 0 atom stereocenters. The minimum Gasteiger partial charge on any atom is -0.371 e. The van der Waals surface area contributed by atoms with Gasteiger partial charge in [0.2, 0.25) is 5.91 Å². The Bertz CT molecular complexity index is 382. The van der Waals surface area contributed by atoms with Crippen LogP contribution in [0.5, 0.6) is 0 Å². The number of carbonyl (C=O) groups excluding carboxylic acids is 1. The summed E-state index contributed by atoms with van der Waals surface area (Å²) >= 11 is 0. The molecule has 0 aliphatic carbocycles. The second-order valence-electron chi connectivity index (χ2n) is 4.93. The number of rotatable bonds is 8. The van der Waals surface area contributed by atoms with Gasteiger partial charge in [0.1, 0.15) is 0 Å². The third-order valence-electron chi connectivity index (χ3n) is 3.09. The quantitative estimate of drug-likeness (QED) is 0.766. The van der Waals surface area contributed by atoms with Crippen molar-refractivity contribution in [3.63, 3.8) is 0 Å². The van der Waals surface area contributed by atoms with Gasteiger partial charge >= 0.3 is 0 Å². The lowest BCUT2D eigenvalue weighted by Gasteiger charge is -2.25. The minimum absolute atomic E-state index is 0.0224. The van der Waals surface area contributed by atoms with E-state index in [9.17, 15) is 4.79 Å². The molecule has 0 radical (unpaired) electrons. The molecule has 0 unspecified atom stereocenters. The number of hydrogen-bond acceptors (Lipinski definition) is 2. The van der Waals surface area contributed by atoms with Crippen molar-refractivity contribution < 1.29 is 4.79 Å². The first-order chi connectivity index (χ1) is 9.17. The first-order valence-electron chi connectivity index (χ1n) is 7.30. The molecule has 19 heavy (non-hydrogen) atoms. The summed E-state index contributed by atoms with van der Waals surface area (Å²) in [4.78, 5) is 13.5. The molecule has 0 spiro atoms. The van der Waals surface area contributed by atoms with Gasteiger partial charge in [-0.3, -0.25) is 4.79 Å². The highest BCUT2D eigenvalue weighted by Crippen LogP contribution is 2.20. The van der Waals surface area contributed by atoms with Gasteiger partial charge in [-0.2, -0.15) is 0 Å². The molecule has 0 saturated heterocycles. The molecule has 0 saturated carbocycles. The van der Waals surface area contributed by atoms with Crippen LogP contribution in [0.15, 0.2) is 24.3 Å². The number of nitrogens with one attached hydrogen (secondary N) is 1. The Morgan fingerprint density at radius 3 is 2.32 bits per heavy atom. The molecule has 0 fully saturated rings. The number of unbranched alkanes of at least 4 members (excludes halogenated alkanes) is 2. The predicted octanol–water partition coefficient (Wildman–Crippen LogP) is 4.05. The molecule has 0 bridgehead atoms. The fraction of sp³-hybridized carbons (Fsp3) is 0.562. The van der Waals surface area contributed by atoms with Crippen LogP contribution in [0.2, 0.25) is 0 Å². The van der Waals surface area contributed by atoms with Crippen molar-refractivity contribution in [1.82, 2.24) is 0 Å². The summed E-state index contributed by atoms with van der Waals surface area (Å²) in [5.74, 6) is -0.0224. The fourth-order valence-corrected chi connectivity index (χ4v) is 2.05. The van der Waals surface area contributed by atoms with E-state index >= 15 is 0 Å². The van der Waals surface area contributed by atoms with E-state index in [1.54, 1.807) is 6.92 Å². The van der Waals surface area contributed by atoms with Gasteiger partial charge in [0, 0.05) is 31.4 Å². The van der Waals surface area contributed by atoms with Crippen molar-refractivity contribution in [3.8, 4) is 0 Å². The van der Waals surface area contributed by atoms with E-state index in [1.165, 1.54) is 31.4 Å². The van der Waals surface area contributed by atoms with Crippen molar-refractivity contribution in [1.29, 1.82) is 0 Å². The summed E-state index contributed by atoms with van der Waals surface area (Å²) in [6.45, 7) is 8.14. The highest BCUT2D eigenvalue weighted by Gasteiger charge is 2.06. The largest absolute Gasteiger partial charge is 0.371 e. The van der Waals surface area contributed by atoms with Crippen molar-refractivity contribution in [2.75, 3.05) is 23.3 Å². The van der Waals surface area contributed by atoms with Gasteiger partial charge in [-0.25, -0.2) is 0 Å². The van der Waals surface area contributed by atoms with Gasteiger partial charge in [-0.1, -0.05) is 32.8 Å². The summed E-state index contributed by atoms with van der Waals surface area (Å²) in [6, 6.07) is 8.12. The lowest BCUT2D eigenvalue weighted by Crippen LogP contribution is -2.25. The van der Waals surface area contributed by atoms with Crippen molar-refractivity contribution in [3.05, 3.63) is 24.3 Å². The van der Waals surface area contributed by atoms with Crippen molar-refractivity contribution >= 4 is 17.3 Å². The summed E-state index contributed by atoms with van der Waals surface area (Å²) < 4.78 is 0. The van der Waals surface area contributed by atoms with E-state index in [-0.39, 0.29) is 5.91 Å². The van der Waals surface area contributed by atoms with Crippen LogP contribution in [-0.4, -0.2) is 19.0 Å². The SMILES string of the molecule is CCCCN(CCCC)c1cccc(NC(C)=O)c1. The molecular weight excluding hydrogens is 236 g/mol. The van der Waals surface area contributed by atoms with Crippen LogP contribution in [0.25, 0.3) is 0 Å². The molecule has 1 aromatic rings. The van der Waals surface area contributed by atoms with Gasteiger partial charge in [0.05, 0.1) is 0 Å². The second kappa shape index (κ2) is 8.57. The molecule has 0 aliphatic rings. The molecule has 1 aromatic carbocycles. The predicted molar refractivity (Wildman–Crippen MR) is 82.8 cm³/mol. The molecule has 0 aromatic heterocycles. The third-order valence-corrected chi connectivity index (χ3v) is 3.09. The van der Waals surface area contributed by atoms with Crippen molar-refractivity contribution in [2.24, 2.45) is 0 Å². The first-order valence-corrected chi connectivity index (χ1v) is 7.30. The maximum atomic E-state index is 11.1. The van der Waals surface area contributed by atoms with Gasteiger partial charge in [-0.05, 0) is 31.0 Å². The molecule has 3 heteroatoms. The average Bonchev–Trinajstić information content (AvgIpc) is 2.38. The first kappa shape index (κ1) is 15.5. The smallest absolute Gasteiger partial charge is 0.221 e. The third kappa shape index (κ3) is 5.77. The Morgan fingerprint density at radius 1 is 1.16 bits per heavy atom. The van der Waals surface area contributed by atoms with Crippen LogP contribution in [-0.2, 0) is 4.79 Å². The zero-order valence-electron chi connectivity index (χ0n) is 12.4. The Labute approximate surface area is 117 Å². The highest BCUT2D eigenvalue weighted by molar-refractivity contribution is 5.89. The van der Waals surface area contributed by atoms with Crippen LogP contribution in [0.3, 0.4) is 0 Å². The second-order valence-corrected chi connectivity index (χ2v) is 4.93. The van der Waals surface area contributed by atoms with E-state index in [2.05, 4.69) is 36.2 Å². The average molecular weight is 262 g/mol. The number of carbonyl (C=O) groups is 1. The van der Waals surface area contributed by atoms with E-state index in [1.807, 2.05) is 12.1 Å².